The second kappa shape index (κ2) is 4.30. The number of aliphatic hydroxyl groups is 1. The van der Waals surface area contributed by atoms with Crippen LogP contribution in [0.15, 0.2) is 18.2 Å². The summed E-state index contributed by atoms with van der Waals surface area (Å²) in [6.07, 6.45) is -1.67. The molecule has 1 atom stereocenters. The van der Waals surface area contributed by atoms with Crippen molar-refractivity contribution in [1.29, 1.82) is 0 Å². The standard InChI is InChI=1S/C9H9ClO4/c10-5-1-2-6(7(11)3-5)8(12)4-9(13)14/h1-3,8,11-12H,4H2,(H,13,14)/t8-/m1/s1. The lowest BCUT2D eigenvalue weighted by Crippen LogP contribution is -2.05. The van der Waals surface area contributed by atoms with Crippen molar-refractivity contribution in [2.24, 2.45) is 0 Å². The van der Waals surface area contributed by atoms with Crippen molar-refractivity contribution >= 4 is 17.6 Å². The number of halogens is 1. The van der Waals surface area contributed by atoms with E-state index >= 15 is 0 Å². The molecular weight excluding hydrogens is 208 g/mol. The highest BCUT2D eigenvalue weighted by atomic mass is 35.5. The lowest BCUT2D eigenvalue weighted by atomic mass is 10.1. The number of aliphatic carboxylic acids is 1. The first-order chi connectivity index (χ1) is 6.50. The summed E-state index contributed by atoms with van der Waals surface area (Å²) >= 11 is 5.57. The van der Waals surface area contributed by atoms with Crippen molar-refractivity contribution in [2.75, 3.05) is 0 Å². The third-order valence-corrected chi connectivity index (χ3v) is 1.95. The molecule has 0 unspecified atom stereocenters. The Morgan fingerprint density at radius 2 is 2.14 bits per heavy atom. The van der Waals surface area contributed by atoms with Gasteiger partial charge in [0.25, 0.3) is 0 Å². The Morgan fingerprint density at radius 1 is 1.50 bits per heavy atom. The summed E-state index contributed by atoms with van der Waals surface area (Å²) in [6, 6.07) is 4.12. The number of aromatic hydroxyl groups is 1. The molecule has 0 aromatic heterocycles. The van der Waals surface area contributed by atoms with Crippen molar-refractivity contribution in [1.82, 2.24) is 0 Å². The van der Waals surface area contributed by atoms with Crippen LogP contribution in [0.5, 0.6) is 5.75 Å². The number of carboxylic acids is 1. The normalized spacial score (nSPS) is 12.4. The lowest BCUT2D eigenvalue weighted by molar-refractivity contribution is -0.139. The second-order valence-corrected chi connectivity index (χ2v) is 3.25. The molecule has 4 nitrogen and oxygen atoms in total. The Labute approximate surface area is 85.4 Å². The Bertz CT molecular complexity index is 351. The van der Waals surface area contributed by atoms with Crippen LogP contribution in [0.4, 0.5) is 0 Å². The van der Waals surface area contributed by atoms with E-state index in [2.05, 4.69) is 0 Å². The molecule has 76 valence electrons. The van der Waals surface area contributed by atoms with Crippen LogP contribution in [-0.4, -0.2) is 21.3 Å². The predicted molar refractivity (Wildman–Crippen MR) is 50.3 cm³/mol. The van der Waals surface area contributed by atoms with E-state index < -0.39 is 18.5 Å². The highest BCUT2D eigenvalue weighted by Crippen LogP contribution is 2.28. The molecule has 0 saturated carbocycles. The predicted octanol–water partition coefficient (Wildman–Crippen LogP) is 1.55. The van der Waals surface area contributed by atoms with Crippen molar-refractivity contribution < 1.29 is 20.1 Å². The van der Waals surface area contributed by atoms with Crippen LogP contribution in [0.25, 0.3) is 0 Å². The van der Waals surface area contributed by atoms with Crippen molar-refractivity contribution in [3.05, 3.63) is 28.8 Å². The molecule has 0 heterocycles. The smallest absolute Gasteiger partial charge is 0.306 e. The van der Waals surface area contributed by atoms with E-state index in [4.69, 9.17) is 16.7 Å². The van der Waals surface area contributed by atoms with Crippen LogP contribution in [0.2, 0.25) is 5.02 Å². The van der Waals surface area contributed by atoms with Gasteiger partial charge in [-0.1, -0.05) is 17.7 Å². The number of phenolic OH excluding ortho intramolecular Hbond substituents is 1. The highest BCUT2D eigenvalue weighted by molar-refractivity contribution is 6.30. The first-order valence-electron chi connectivity index (χ1n) is 3.89. The molecule has 5 heteroatoms. The Balaban J connectivity index is 2.90. The summed E-state index contributed by atoms with van der Waals surface area (Å²) in [6.45, 7) is 0. The molecule has 0 fully saturated rings. The molecule has 0 aliphatic heterocycles. The molecule has 0 aliphatic carbocycles. The third kappa shape index (κ3) is 2.61. The Kier molecular flexibility index (Phi) is 3.33. The highest BCUT2D eigenvalue weighted by Gasteiger charge is 2.15. The van der Waals surface area contributed by atoms with Crippen LogP contribution in [0.3, 0.4) is 0 Å². The minimum Gasteiger partial charge on any atom is -0.508 e. The minimum absolute atomic E-state index is 0.164. The molecule has 0 amide bonds. The van der Waals surface area contributed by atoms with Gasteiger partial charge in [-0.3, -0.25) is 4.79 Å². The molecule has 0 saturated heterocycles. The van der Waals surface area contributed by atoms with Gasteiger partial charge in [-0.15, -0.1) is 0 Å². The maximum absolute atomic E-state index is 10.3. The summed E-state index contributed by atoms with van der Waals surface area (Å²) < 4.78 is 0. The van der Waals surface area contributed by atoms with Crippen molar-refractivity contribution in [3.63, 3.8) is 0 Å². The van der Waals surface area contributed by atoms with E-state index in [1.54, 1.807) is 0 Å². The fourth-order valence-electron chi connectivity index (χ4n) is 1.07. The summed E-state index contributed by atoms with van der Waals surface area (Å²) in [5.74, 6) is -1.34. The Hall–Kier alpha value is -1.26. The maximum Gasteiger partial charge on any atom is 0.306 e. The summed E-state index contributed by atoms with van der Waals surface area (Å²) in [5, 5.41) is 27.5. The molecule has 0 spiro atoms. The largest absolute Gasteiger partial charge is 0.508 e. The van der Waals surface area contributed by atoms with Gasteiger partial charge in [0.15, 0.2) is 0 Å². The van der Waals surface area contributed by atoms with Gasteiger partial charge < -0.3 is 15.3 Å². The fraction of sp³-hybridized carbons (Fsp3) is 0.222. The molecule has 0 aliphatic rings. The van der Waals surface area contributed by atoms with Gasteiger partial charge in [-0.2, -0.15) is 0 Å². The van der Waals surface area contributed by atoms with Gasteiger partial charge in [0.1, 0.15) is 5.75 Å². The van der Waals surface area contributed by atoms with Crippen LogP contribution in [0.1, 0.15) is 18.1 Å². The first kappa shape index (κ1) is 10.8. The first-order valence-corrected chi connectivity index (χ1v) is 4.26. The van der Waals surface area contributed by atoms with Gasteiger partial charge >= 0.3 is 5.97 Å². The molecule has 0 radical (unpaired) electrons. The maximum atomic E-state index is 10.3. The molecule has 3 N–H and O–H groups in total. The molecule has 1 aromatic rings. The summed E-state index contributed by atoms with van der Waals surface area (Å²) in [5.41, 5.74) is 0.164. The van der Waals surface area contributed by atoms with Gasteiger partial charge in [0.05, 0.1) is 12.5 Å². The number of carboxylic acid groups (broad SMARTS) is 1. The average molecular weight is 217 g/mol. The van der Waals surface area contributed by atoms with E-state index in [-0.39, 0.29) is 11.3 Å². The van der Waals surface area contributed by atoms with E-state index in [9.17, 15) is 15.0 Å². The van der Waals surface area contributed by atoms with Crippen molar-refractivity contribution in [2.45, 2.75) is 12.5 Å². The number of hydrogen-bond donors (Lipinski definition) is 3. The SMILES string of the molecule is O=C(O)C[C@@H](O)c1ccc(Cl)cc1O. The molecule has 1 aromatic carbocycles. The summed E-state index contributed by atoms with van der Waals surface area (Å²) in [7, 11) is 0. The third-order valence-electron chi connectivity index (χ3n) is 1.72. The van der Waals surface area contributed by atoms with Crippen molar-refractivity contribution in [3.8, 4) is 5.75 Å². The van der Waals surface area contributed by atoms with Crippen LogP contribution in [0, 0.1) is 0 Å². The number of aliphatic hydroxyl groups excluding tert-OH is 1. The number of phenols is 1. The van der Waals surface area contributed by atoms with Crippen LogP contribution in [-0.2, 0) is 4.79 Å². The number of carbonyl (C=O) groups is 1. The van der Waals surface area contributed by atoms with Gasteiger partial charge in [0.2, 0.25) is 0 Å². The fourth-order valence-corrected chi connectivity index (χ4v) is 1.24. The zero-order valence-electron chi connectivity index (χ0n) is 7.14. The molecule has 1 rings (SSSR count). The van der Waals surface area contributed by atoms with E-state index in [1.807, 2.05) is 0 Å². The van der Waals surface area contributed by atoms with Crippen LogP contribution < -0.4 is 0 Å². The zero-order valence-corrected chi connectivity index (χ0v) is 7.90. The van der Waals surface area contributed by atoms with E-state index in [0.29, 0.717) is 5.02 Å². The zero-order chi connectivity index (χ0) is 10.7. The summed E-state index contributed by atoms with van der Waals surface area (Å²) in [4.78, 5) is 10.3. The minimum atomic E-state index is -1.22. The number of rotatable bonds is 3. The van der Waals surface area contributed by atoms with Gasteiger partial charge in [-0.25, -0.2) is 0 Å². The quantitative estimate of drug-likeness (QED) is 0.717. The van der Waals surface area contributed by atoms with Gasteiger partial charge in [-0.05, 0) is 12.1 Å². The monoisotopic (exact) mass is 216 g/mol. The lowest BCUT2D eigenvalue weighted by Gasteiger charge is -2.10. The molecule has 0 bridgehead atoms. The number of benzene rings is 1. The van der Waals surface area contributed by atoms with Crippen LogP contribution >= 0.6 is 11.6 Å². The van der Waals surface area contributed by atoms with Gasteiger partial charge in [0, 0.05) is 10.6 Å². The Morgan fingerprint density at radius 3 is 2.64 bits per heavy atom. The number of hydrogen-bond acceptors (Lipinski definition) is 3. The van der Waals surface area contributed by atoms with E-state index in [1.165, 1.54) is 18.2 Å². The topological polar surface area (TPSA) is 77.8 Å². The molecular formula is C9H9ClO4. The second-order valence-electron chi connectivity index (χ2n) is 2.82. The average Bonchev–Trinajstić information content (AvgIpc) is 2.01. The molecule has 14 heavy (non-hydrogen) atoms. The van der Waals surface area contributed by atoms with E-state index in [0.717, 1.165) is 0 Å².